The molecule has 3 nitrogen and oxygen atoms in total. The minimum absolute atomic E-state index is 0.0381. The van der Waals surface area contributed by atoms with Gasteiger partial charge in [-0.1, -0.05) is 30.0 Å². The second-order valence-electron chi connectivity index (χ2n) is 4.43. The number of hydrogen-bond donors (Lipinski definition) is 0. The van der Waals surface area contributed by atoms with Crippen LogP contribution in [-0.2, 0) is 14.3 Å². The van der Waals surface area contributed by atoms with E-state index in [1.165, 1.54) is 11.8 Å². The van der Waals surface area contributed by atoms with E-state index < -0.39 is 0 Å². The van der Waals surface area contributed by atoms with Crippen molar-refractivity contribution in [1.29, 1.82) is 0 Å². The van der Waals surface area contributed by atoms with Crippen molar-refractivity contribution in [1.82, 2.24) is 0 Å². The zero-order valence-electron chi connectivity index (χ0n) is 10.7. The van der Waals surface area contributed by atoms with Crippen LogP contribution in [0.25, 0.3) is 0 Å². The van der Waals surface area contributed by atoms with Gasteiger partial charge in [0.1, 0.15) is 11.5 Å². The molecule has 98 valence electrons. The highest BCUT2D eigenvalue weighted by atomic mass is 32.2. The average Bonchev–Trinajstić information content (AvgIpc) is 2.33. The van der Waals surface area contributed by atoms with Crippen LogP contribution in [0.4, 0.5) is 0 Å². The fourth-order valence-corrected chi connectivity index (χ4v) is 3.14. The molecule has 0 N–H and O–H groups in total. The summed E-state index contributed by atoms with van der Waals surface area (Å²) in [6.07, 6.45) is 1.63. The molecule has 0 spiro atoms. The molecule has 1 heterocycles. The summed E-state index contributed by atoms with van der Waals surface area (Å²) in [7, 11) is 0. The van der Waals surface area contributed by atoms with Crippen LogP contribution in [0.3, 0.4) is 0 Å². The Labute approximate surface area is 112 Å². The summed E-state index contributed by atoms with van der Waals surface area (Å²) in [6.45, 7) is 3.41. The number of thioether (sulfide) groups is 1. The second kappa shape index (κ2) is 6.25. The molecule has 1 aromatic carbocycles. The summed E-state index contributed by atoms with van der Waals surface area (Å²) in [6, 6.07) is 10.2. The molecule has 0 bridgehead atoms. The van der Waals surface area contributed by atoms with Crippen molar-refractivity contribution in [2.45, 2.75) is 49.2 Å². The lowest BCUT2D eigenvalue weighted by molar-refractivity contribution is -0.161. The van der Waals surface area contributed by atoms with Crippen molar-refractivity contribution < 1.29 is 14.3 Å². The summed E-state index contributed by atoms with van der Waals surface area (Å²) in [5.41, 5.74) is 0.147. The molecule has 1 aliphatic heterocycles. The molecule has 1 aliphatic rings. The molecule has 0 amide bonds. The molecular weight excluding hydrogens is 248 g/mol. The number of benzene rings is 1. The molecule has 3 atom stereocenters. The van der Waals surface area contributed by atoms with Crippen LogP contribution in [0.15, 0.2) is 35.2 Å². The predicted molar refractivity (Wildman–Crippen MR) is 71.4 cm³/mol. The molecule has 0 radical (unpaired) electrons. The third-order valence-corrected chi connectivity index (χ3v) is 4.06. The lowest BCUT2D eigenvalue weighted by Gasteiger charge is -2.33. The molecule has 4 heteroatoms. The molecule has 18 heavy (non-hydrogen) atoms. The lowest BCUT2D eigenvalue weighted by Crippen LogP contribution is -2.38. The van der Waals surface area contributed by atoms with Crippen LogP contribution < -0.4 is 0 Å². The Morgan fingerprint density at radius 1 is 1.33 bits per heavy atom. The number of rotatable bonds is 3. The summed E-state index contributed by atoms with van der Waals surface area (Å²) in [5, 5.41) is 0. The number of ether oxygens (including phenoxy) is 2. The monoisotopic (exact) mass is 266 g/mol. The van der Waals surface area contributed by atoms with E-state index in [-0.39, 0.29) is 23.6 Å². The summed E-state index contributed by atoms with van der Waals surface area (Å²) in [4.78, 5) is 12.2. The molecule has 3 unspecified atom stereocenters. The van der Waals surface area contributed by atoms with Gasteiger partial charge in [0, 0.05) is 11.8 Å². The summed E-state index contributed by atoms with van der Waals surface area (Å²) < 4.78 is 11.1. The van der Waals surface area contributed by atoms with Gasteiger partial charge in [-0.05, 0) is 31.9 Å². The topological polar surface area (TPSA) is 35.5 Å². The molecule has 1 saturated heterocycles. The predicted octanol–water partition coefficient (Wildman–Crippen LogP) is 3.24. The molecule has 0 aromatic heterocycles. The highest BCUT2D eigenvalue weighted by Gasteiger charge is 2.30. The number of carbonyl (C=O) groups excluding carboxylic acids is 1. The smallest absolute Gasteiger partial charge is 0.302 e. The van der Waals surface area contributed by atoms with Gasteiger partial charge in [0.25, 0.3) is 0 Å². The number of carbonyl (C=O) groups is 1. The number of esters is 1. The van der Waals surface area contributed by atoms with E-state index in [0.717, 1.165) is 12.8 Å². The van der Waals surface area contributed by atoms with Gasteiger partial charge in [0.05, 0.1) is 6.10 Å². The van der Waals surface area contributed by atoms with E-state index in [2.05, 4.69) is 12.1 Å². The molecular formula is C14H18O3S. The minimum atomic E-state index is -0.232. The van der Waals surface area contributed by atoms with Crippen LogP contribution >= 0.6 is 11.8 Å². The van der Waals surface area contributed by atoms with Crippen LogP contribution in [0.5, 0.6) is 0 Å². The Hall–Kier alpha value is -1.00. The van der Waals surface area contributed by atoms with E-state index in [0.29, 0.717) is 0 Å². The largest absolute Gasteiger partial charge is 0.460 e. The Balaban J connectivity index is 1.86. The first-order chi connectivity index (χ1) is 8.65. The van der Waals surface area contributed by atoms with Crippen LogP contribution in [0.1, 0.15) is 26.7 Å². The first-order valence-electron chi connectivity index (χ1n) is 6.19. The van der Waals surface area contributed by atoms with Crippen molar-refractivity contribution in [3.05, 3.63) is 30.3 Å². The first-order valence-corrected chi connectivity index (χ1v) is 7.07. The Kier molecular flexibility index (Phi) is 4.66. The second-order valence-corrected chi connectivity index (χ2v) is 5.66. The van der Waals surface area contributed by atoms with E-state index in [4.69, 9.17) is 9.47 Å². The van der Waals surface area contributed by atoms with Crippen LogP contribution in [0, 0.1) is 0 Å². The van der Waals surface area contributed by atoms with Gasteiger partial charge in [-0.25, -0.2) is 0 Å². The van der Waals surface area contributed by atoms with Gasteiger partial charge in [-0.3, -0.25) is 4.79 Å². The maximum atomic E-state index is 10.9. The Morgan fingerprint density at radius 3 is 2.67 bits per heavy atom. The molecule has 1 fully saturated rings. The van der Waals surface area contributed by atoms with Crippen molar-refractivity contribution >= 4 is 17.7 Å². The normalized spacial score (nSPS) is 27.8. The van der Waals surface area contributed by atoms with Crippen molar-refractivity contribution in [3.63, 3.8) is 0 Å². The lowest BCUT2D eigenvalue weighted by atomic mass is 10.1. The van der Waals surface area contributed by atoms with Gasteiger partial charge in [-0.15, -0.1) is 0 Å². The quantitative estimate of drug-likeness (QED) is 0.787. The first kappa shape index (κ1) is 13.4. The summed E-state index contributed by atoms with van der Waals surface area (Å²) in [5.74, 6) is -0.232. The Bertz CT molecular complexity index is 393. The molecule has 0 aliphatic carbocycles. The van der Waals surface area contributed by atoms with E-state index in [1.54, 1.807) is 11.8 Å². The molecule has 2 rings (SSSR count). The number of hydrogen-bond acceptors (Lipinski definition) is 4. The third-order valence-electron chi connectivity index (χ3n) is 2.90. The third kappa shape index (κ3) is 3.75. The molecule has 0 saturated carbocycles. The van der Waals surface area contributed by atoms with Gasteiger partial charge in [0.15, 0.2) is 0 Å². The van der Waals surface area contributed by atoms with Gasteiger partial charge in [0.2, 0.25) is 0 Å². The van der Waals surface area contributed by atoms with Crippen LogP contribution in [0.2, 0.25) is 0 Å². The maximum absolute atomic E-state index is 10.9. The van der Waals surface area contributed by atoms with Crippen molar-refractivity contribution in [2.24, 2.45) is 0 Å². The van der Waals surface area contributed by atoms with E-state index in [1.807, 2.05) is 25.1 Å². The SMILES string of the molecule is CC(=O)OC1CCC(Sc2ccccc2)OC1C. The maximum Gasteiger partial charge on any atom is 0.302 e. The fourth-order valence-electron chi connectivity index (χ4n) is 2.04. The van der Waals surface area contributed by atoms with Crippen LogP contribution in [-0.4, -0.2) is 23.6 Å². The van der Waals surface area contributed by atoms with Gasteiger partial charge in [-0.2, -0.15) is 0 Å². The summed E-state index contributed by atoms with van der Waals surface area (Å²) >= 11 is 1.73. The van der Waals surface area contributed by atoms with Gasteiger partial charge < -0.3 is 9.47 Å². The van der Waals surface area contributed by atoms with Crippen molar-refractivity contribution in [3.8, 4) is 0 Å². The Morgan fingerprint density at radius 2 is 2.06 bits per heavy atom. The van der Waals surface area contributed by atoms with Crippen molar-refractivity contribution in [2.75, 3.05) is 0 Å². The molecule has 1 aromatic rings. The minimum Gasteiger partial charge on any atom is -0.460 e. The van der Waals surface area contributed by atoms with E-state index in [9.17, 15) is 4.79 Å². The average molecular weight is 266 g/mol. The zero-order chi connectivity index (χ0) is 13.0. The van der Waals surface area contributed by atoms with E-state index >= 15 is 0 Å². The highest BCUT2D eigenvalue weighted by molar-refractivity contribution is 7.99. The highest BCUT2D eigenvalue weighted by Crippen LogP contribution is 2.33. The van der Waals surface area contributed by atoms with Gasteiger partial charge >= 0.3 is 5.97 Å². The standard InChI is InChI=1S/C14H18O3S/c1-10-13(17-11(2)15)8-9-14(16-10)18-12-6-4-3-5-7-12/h3-7,10,13-14H,8-9H2,1-2H3. The fraction of sp³-hybridized carbons (Fsp3) is 0.500. The zero-order valence-corrected chi connectivity index (χ0v) is 11.5.